The molecule has 0 spiro atoms. The normalized spacial score (nSPS) is 44.8. The van der Waals surface area contributed by atoms with Gasteiger partial charge in [0.2, 0.25) is 0 Å². The van der Waals surface area contributed by atoms with Gasteiger partial charge in [-0.25, -0.2) is 0 Å². The molecule has 0 bridgehead atoms. The van der Waals surface area contributed by atoms with Crippen LogP contribution in [0.1, 0.15) is 85.5 Å². The first-order chi connectivity index (χ1) is 26.9. The number of aliphatic hydroxyl groups is 1. The molecular weight excluding hydrogens is 718 g/mol. The van der Waals surface area contributed by atoms with Gasteiger partial charge in [-0.05, 0) is 96.4 Å². The van der Waals surface area contributed by atoms with Gasteiger partial charge in [-0.3, -0.25) is 9.59 Å². The lowest BCUT2D eigenvalue weighted by atomic mass is 9.68. The van der Waals surface area contributed by atoms with Crippen molar-refractivity contribution in [2.45, 2.75) is 152 Å². The highest BCUT2D eigenvalue weighted by Crippen LogP contribution is 2.57. The van der Waals surface area contributed by atoms with Gasteiger partial charge in [0.1, 0.15) is 12.2 Å². The Bertz CT molecular complexity index is 1430. The zero-order chi connectivity index (χ0) is 40.3. The fraction of sp³-hybridized carbons (Fsp3) is 0.818. The van der Waals surface area contributed by atoms with E-state index < -0.39 is 29.8 Å². The van der Waals surface area contributed by atoms with Gasteiger partial charge in [-0.2, -0.15) is 0 Å². The van der Waals surface area contributed by atoms with Crippen LogP contribution in [0.5, 0.6) is 0 Å². The first kappa shape index (κ1) is 43.6. The van der Waals surface area contributed by atoms with Gasteiger partial charge in [-0.1, -0.05) is 38.2 Å². The molecule has 4 fully saturated rings. The summed E-state index contributed by atoms with van der Waals surface area (Å²) in [6, 6.07) is 0.312. The number of methoxy groups -OCH3 is 3. The number of carbonyl (C=O) groups is 2. The van der Waals surface area contributed by atoms with E-state index in [2.05, 4.69) is 57.1 Å². The molecule has 6 rings (SSSR count). The largest absolute Gasteiger partial charge is 0.458 e. The second-order valence-electron chi connectivity index (χ2n) is 17.4. The number of carbonyl (C=O) groups excluding carboxylic acids is 2. The smallest absolute Gasteiger partial charge is 0.307 e. The monoisotopic (exact) mass is 787 g/mol. The van der Waals surface area contributed by atoms with Gasteiger partial charge in [0.15, 0.2) is 18.4 Å². The maximum Gasteiger partial charge on any atom is 0.307 e. The Morgan fingerprint density at radius 3 is 2.39 bits per heavy atom. The fourth-order valence-electron chi connectivity index (χ4n) is 10.9. The van der Waals surface area contributed by atoms with Crippen LogP contribution in [0.25, 0.3) is 0 Å². The first-order valence-electron chi connectivity index (χ1n) is 21.2. The lowest BCUT2D eigenvalue weighted by molar-refractivity contribution is -0.300. The summed E-state index contributed by atoms with van der Waals surface area (Å²) >= 11 is 0. The van der Waals surface area contributed by atoms with E-state index in [0.717, 1.165) is 25.7 Å². The van der Waals surface area contributed by atoms with Gasteiger partial charge in [0.05, 0.1) is 55.1 Å². The fourth-order valence-corrected chi connectivity index (χ4v) is 10.9. The van der Waals surface area contributed by atoms with Crippen LogP contribution in [0.15, 0.2) is 36.0 Å². The molecule has 316 valence electrons. The standard InChI is InChI=1S/C44H69NO11/c1-10-11-13-28-14-12-15-37(56-39-17-16-36(45(5)6)26(3)52-39)25(2)40(48)33-21-32-30(31(33)22-38(47)54-28)18-19-44(51-9)23-29(20-35(32)44)55-43-34(24-46)42(50-8)41(49-7)27(4)53-43/h11,13,18-19,21,25-32,34-37,39,41-43,46H,10,12,14-17,20,22-24H2,1-9H3/b13-11+/t25-,26?,27?,28+,29+,30+,31+,32-,34?,35+,36?,37+,39?,41?,42?,43?,44+/m1/s1. The minimum absolute atomic E-state index is 0.00681. The van der Waals surface area contributed by atoms with Crippen molar-refractivity contribution in [3.05, 3.63) is 36.0 Å². The molecule has 0 radical (unpaired) electrons. The summed E-state index contributed by atoms with van der Waals surface area (Å²) in [5, 5.41) is 10.5. The molecule has 6 aliphatic rings. The quantitative estimate of drug-likeness (QED) is 0.212. The Morgan fingerprint density at radius 2 is 1.73 bits per heavy atom. The number of esters is 1. The number of rotatable bonds is 11. The molecule has 3 aliphatic heterocycles. The molecule has 3 saturated heterocycles. The average molecular weight is 788 g/mol. The van der Waals surface area contributed by atoms with E-state index in [4.69, 9.17) is 37.9 Å². The summed E-state index contributed by atoms with van der Waals surface area (Å²) in [7, 11) is 9.13. The number of ketones is 1. The Hall–Kier alpha value is -2.00. The topological polar surface area (TPSA) is 131 Å². The molecule has 17 atom stereocenters. The van der Waals surface area contributed by atoms with Crippen LogP contribution in [0.4, 0.5) is 0 Å². The van der Waals surface area contributed by atoms with Crippen LogP contribution in [0.2, 0.25) is 0 Å². The summed E-state index contributed by atoms with van der Waals surface area (Å²) in [6.45, 7) is 7.90. The van der Waals surface area contributed by atoms with E-state index in [-0.39, 0.29) is 91.4 Å². The summed E-state index contributed by atoms with van der Waals surface area (Å²) in [6.07, 6.45) is 13.4. The van der Waals surface area contributed by atoms with Crippen LogP contribution in [-0.4, -0.2) is 131 Å². The number of cyclic esters (lactones) is 1. The minimum Gasteiger partial charge on any atom is -0.458 e. The van der Waals surface area contributed by atoms with E-state index in [0.29, 0.717) is 37.3 Å². The van der Waals surface area contributed by atoms with Crippen LogP contribution in [-0.2, 0) is 47.5 Å². The summed E-state index contributed by atoms with van der Waals surface area (Å²) in [5.41, 5.74) is 0.0517. The van der Waals surface area contributed by atoms with Gasteiger partial charge < -0.3 is 47.9 Å². The Morgan fingerprint density at radius 1 is 0.964 bits per heavy atom. The molecule has 0 aromatic carbocycles. The molecule has 1 saturated carbocycles. The van der Waals surface area contributed by atoms with Crippen molar-refractivity contribution in [1.82, 2.24) is 4.90 Å². The molecule has 0 amide bonds. The van der Waals surface area contributed by atoms with Crippen LogP contribution < -0.4 is 0 Å². The van der Waals surface area contributed by atoms with Gasteiger partial charge in [0.25, 0.3) is 0 Å². The Kier molecular flexibility index (Phi) is 14.7. The predicted molar refractivity (Wildman–Crippen MR) is 209 cm³/mol. The number of ether oxygens (including phenoxy) is 8. The number of hydrogen-bond acceptors (Lipinski definition) is 12. The molecule has 0 aromatic rings. The third-order valence-electron chi connectivity index (χ3n) is 13.9. The number of allylic oxidation sites excluding steroid dienone is 4. The third-order valence-corrected chi connectivity index (χ3v) is 13.9. The molecule has 1 N–H and O–H groups in total. The van der Waals surface area contributed by atoms with Crippen LogP contribution >= 0.6 is 0 Å². The first-order valence-corrected chi connectivity index (χ1v) is 21.2. The number of hydrogen-bond donors (Lipinski definition) is 1. The molecule has 12 heteroatoms. The van der Waals surface area contributed by atoms with Crippen molar-refractivity contribution in [2.24, 2.45) is 35.5 Å². The highest BCUT2D eigenvalue weighted by Gasteiger charge is 2.58. The maximum absolute atomic E-state index is 14.8. The van der Waals surface area contributed by atoms with Crippen molar-refractivity contribution < 1.29 is 52.6 Å². The van der Waals surface area contributed by atoms with Crippen molar-refractivity contribution in [3.8, 4) is 0 Å². The number of aliphatic hydroxyl groups excluding tert-OH is 1. The molecule has 56 heavy (non-hydrogen) atoms. The molecule has 3 aliphatic carbocycles. The second-order valence-corrected chi connectivity index (χ2v) is 17.4. The van der Waals surface area contributed by atoms with E-state index >= 15 is 0 Å². The molecule has 3 heterocycles. The van der Waals surface area contributed by atoms with E-state index in [1.54, 1.807) is 21.3 Å². The number of fused-ring (bicyclic) bond motifs is 5. The number of likely N-dealkylation sites (N-methyl/N-ethyl adjacent to an activating group) is 1. The highest BCUT2D eigenvalue weighted by molar-refractivity contribution is 5.99. The van der Waals surface area contributed by atoms with Gasteiger partial charge >= 0.3 is 5.97 Å². The van der Waals surface area contributed by atoms with Crippen molar-refractivity contribution in [2.75, 3.05) is 42.0 Å². The molecule has 0 aromatic heterocycles. The van der Waals surface area contributed by atoms with Crippen LogP contribution in [0, 0.1) is 35.5 Å². The minimum atomic E-state index is -0.698. The predicted octanol–water partition coefficient (Wildman–Crippen LogP) is 5.41. The van der Waals surface area contributed by atoms with E-state index in [1.807, 2.05) is 19.9 Å². The lowest BCUT2D eigenvalue weighted by Crippen LogP contribution is -2.57. The zero-order valence-corrected chi connectivity index (χ0v) is 35.2. The molecule has 12 nitrogen and oxygen atoms in total. The van der Waals surface area contributed by atoms with Gasteiger partial charge in [-0.15, -0.1) is 0 Å². The van der Waals surface area contributed by atoms with E-state index in [1.165, 1.54) is 0 Å². The summed E-state index contributed by atoms with van der Waals surface area (Å²) in [5.74, 6) is -1.65. The molecule has 8 unspecified atom stereocenters. The highest BCUT2D eigenvalue weighted by atomic mass is 16.7. The second kappa shape index (κ2) is 18.9. The van der Waals surface area contributed by atoms with Crippen molar-refractivity contribution >= 4 is 11.8 Å². The van der Waals surface area contributed by atoms with Crippen LogP contribution in [0.3, 0.4) is 0 Å². The van der Waals surface area contributed by atoms with E-state index in [9.17, 15) is 14.7 Å². The number of Topliss-reactive ketones (excluding diaryl/α,β-unsaturated/α-hetero) is 1. The van der Waals surface area contributed by atoms with Crippen molar-refractivity contribution in [1.29, 1.82) is 0 Å². The zero-order valence-electron chi connectivity index (χ0n) is 35.2. The Balaban J connectivity index is 1.26. The van der Waals surface area contributed by atoms with Gasteiger partial charge in [0, 0.05) is 51.5 Å². The SMILES string of the molecule is CC/C=C/[C@H]1CCC[C@H](OC2CCC(N(C)C)C(C)O2)[C@@H](C)C(=O)C2=C[C@@H]3[C@@H](C=C[C@]4(OC)C[C@@H](OC5OC(C)C(OC)C(OC)C5CO)C[C@@H]34)[C@@H]2CC(=O)O1. The summed E-state index contributed by atoms with van der Waals surface area (Å²) < 4.78 is 50.2. The summed E-state index contributed by atoms with van der Waals surface area (Å²) in [4.78, 5) is 30.8. The lowest BCUT2D eigenvalue weighted by Gasteiger charge is -2.44. The Labute approximate surface area is 334 Å². The van der Waals surface area contributed by atoms with Crippen molar-refractivity contribution in [3.63, 3.8) is 0 Å². The third kappa shape index (κ3) is 8.94. The maximum atomic E-state index is 14.8. The molecular formula is C44H69NO11. The average Bonchev–Trinajstić information content (AvgIpc) is 3.73. The number of nitrogens with zero attached hydrogens (tertiary/aromatic N) is 1.